The highest BCUT2D eigenvalue weighted by Crippen LogP contribution is 2.31. The number of rotatable bonds is 12. The lowest BCUT2D eigenvalue weighted by atomic mass is 10.2. The maximum absolute atomic E-state index is 12.1. The van der Waals surface area contributed by atoms with Crippen LogP contribution in [0.4, 0.5) is 0 Å². The fraction of sp³-hybridized carbons (Fsp3) is 0.800. The summed E-state index contributed by atoms with van der Waals surface area (Å²) >= 11 is 1.48. The monoisotopic (exact) mass is 378 g/mol. The minimum atomic E-state index is -3.62. The van der Waals surface area contributed by atoms with Gasteiger partial charge in [-0.25, -0.2) is 0 Å². The molecular formula is C15H25NO6PS-. The Morgan fingerprint density at radius 2 is 2.00 bits per heavy atom. The molecule has 0 aromatic heterocycles. The molecule has 0 aromatic carbocycles. The van der Waals surface area contributed by atoms with Gasteiger partial charge in [0.15, 0.2) is 0 Å². The molecule has 0 N–H and O–H groups in total. The van der Waals surface area contributed by atoms with Crippen molar-refractivity contribution in [2.45, 2.75) is 50.7 Å². The van der Waals surface area contributed by atoms with Crippen LogP contribution in [-0.2, 0) is 23.5 Å². The molecule has 0 bridgehead atoms. The van der Waals surface area contributed by atoms with Gasteiger partial charge in [-0.15, -0.1) is 11.8 Å². The second-order valence-corrected chi connectivity index (χ2v) is 9.03. The van der Waals surface area contributed by atoms with Crippen molar-refractivity contribution in [1.29, 1.82) is 0 Å². The van der Waals surface area contributed by atoms with Gasteiger partial charge in [-0.2, -0.15) is 0 Å². The minimum Gasteiger partial charge on any atom is -0.779 e. The molecule has 0 aliphatic carbocycles. The van der Waals surface area contributed by atoms with Crippen molar-refractivity contribution in [3.8, 4) is 0 Å². The van der Waals surface area contributed by atoms with Gasteiger partial charge < -0.3 is 14.0 Å². The molecule has 0 radical (unpaired) electrons. The summed E-state index contributed by atoms with van der Waals surface area (Å²) < 4.78 is 15.5. The zero-order chi connectivity index (χ0) is 18.2. The highest BCUT2D eigenvalue weighted by molar-refractivity contribution is 8.00. The molecule has 1 aliphatic heterocycles. The number of hydrogen-bond donors (Lipinski definition) is 0. The summed E-state index contributed by atoms with van der Waals surface area (Å²) in [5.74, 6) is 0.359. The van der Waals surface area contributed by atoms with Crippen LogP contribution in [0.1, 0.15) is 45.4 Å². The Morgan fingerprint density at radius 3 is 2.62 bits per heavy atom. The minimum absolute atomic E-state index is 0.0351. The predicted octanol–water partition coefficient (Wildman–Crippen LogP) is 1.59. The molecule has 1 fully saturated rings. The first-order valence-electron chi connectivity index (χ1n) is 8.09. The van der Waals surface area contributed by atoms with E-state index in [1.54, 1.807) is 0 Å². The van der Waals surface area contributed by atoms with Crippen LogP contribution in [0.3, 0.4) is 0 Å². The van der Waals surface area contributed by atoms with Gasteiger partial charge in [-0.05, 0) is 25.5 Å². The van der Waals surface area contributed by atoms with E-state index in [2.05, 4.69) is 4.52 Å². The van der Waals surface area contributed by atoms with Gasteiger partial charge in [0.05, 0.1) is 11.9 Å². The van der Waals surface area contributed by atoms with Gasteiger partial charge >= 0.3 is 0 Å². The van der Waals surface area contributed by atoms with Gasteiger partial charge in [0.2, 0.25) is 11.8 Å². The summed E-state index contributed by atoms with van der Waals surface area (Å²) in [7, 11) is -3.62. The number of unbranched alkanes of at least 4 members (excludes halogenated alkanes) is 3. The first kappa shape index (κ1) is 21.4. The van der Waals surface area contributed by atoms with Crippen LogP contribution in [0.15, 0.2) is 0 Å². The van der Waals surface area contributed by atoms with Gasteiger partial charge in [-0.1, -0.05) is 12.8 Å². The van der Waals surface area contributed by atoms with Crippen LogP contribution in [0, 0.1) is 0 Å². The van der Waals surface area contributed by atoms with Crippen LogP contribution in [0.2, 0.25) is 0 Å². The van der Waals surface area contributed by atoms with E-state index in [1.165, 1.54) is 23.6 Å². The Hall–Kier alpha value is -0.690. The highest BCUT2D eigenvalue weighted by Gasteiger charge is 2.38. The number of Topliss-reactive ketones (excluding diaryl/α,β-unsaturated/α-hetero) is 1. The maximum atomic E-state index is 12.1. The second kappa shape index (κ2) is 10.3. The van der Waals surface area contributed by atoms with E-state index in [9.17, 15) is 23.8 Å². The third kappa shape index (κ3) is 8.42. The lowest BCUT2D eigenvalue weighted by Gasteiger charge is -2.17. The zero-order valence-electron chi connectivity index (χ0n) is 14.2. The summed E-state index contributed by atoms with van der Waals surface area (Å²) in [6, 6.07) is 0. The van der Waals surface area contributed by atoms with E-state index < -0.39 is 7.60 Å². The first-order chi connectivity index (χ1) is 11.2. The fourth-order valence-electron chi connectivity index (χ4n) is 2.30. The third-order valence-electron chi connectivity index (χ3n) is 3.57. The molecular weight excluding hydrogens is 353 g/mol. The Morgan fingerprint density at radius 1 is 1.33 bits per heavy atom. The number of ketones is 1. The second-order valence-electron chi connectivity index (χ2n) is 5.92. The molecule has 24 heavy (non-hydrogen) atoms. The number of carbonyl (C=O) groups excluding carboxylic acids is 3. The maximum Gasteiger partial charge on any atom is 0.242 e. The molecule has 9 heteroatoms. The van der Waals surface area contributed by atoms with Crippen molar-refractivity contribution < 1.29 is 28.4 Å². The Bertz CT molecular complexity index is 506. The molecule has 0 saturated carbocycles. The van der Waals surface area contributed by atoms with Gasteiger partial charge in [-0.3, -0.25) is 19.3 Å². The van der Waals surface area contributed by atoms with Crippen LogP contribution in [0.25, 0.3) is 0 Å². The average Bonchev–Trinajstić information content (AvgIpc) is 2.73. The average molecular weight is 378 g/mol. The van der Waals surface area contributed by atoms with E-state index >= 15 is 0 Å². The fourth-order valence-corrected chi connectivity index (χ4v) is 3.95. The SMILES string of the molecule is CC(=O)CCN1C(=O)CC(SCCCCCCOP(C)(=O)[O-])C1=O. The number of carbonyl (C=O) groups is 3. The lowest BCUT2D eigenvalue weighted by Crippen LogP contribution is -2.33. The lowest BCUT2D eigenvalue weighted by molar-refractivity contribution is -0.196. The standard InChI is InChI=1S/C15H26NO6PS/c1-12(17)7-8-16-14(18)11-13(15(16)19)24-10-6-4-3-5-9-22-23(2,20)21/h13H,3-11H2,1-2H3,(H,20,21)/p-1. The van der Waals surface area contributed by atoms with Crippen molar-refractivity contribution in [2.24, 2.45) is 0 Å². The predicted molar refractivity (Wildman–Crippen MR) is 90.8 cm³/mol. The van der Waals surface area contributed by atoms with Crippen molar-refractivity contribution in [1.82, 2.24) is 4.90 Å². The van der Waals surface area contributed by atoms with Crippen LogP contribution in [-0.4, -0.2) is 53.3 Å². The van der Waals surface area contributed by atoms with E-state index in [0.29, 0.717) is 6.42 Å². The third-order valence-corrected chi connectivity index (χ3v) is 5.52. The van der Waals surface area contributed by atoms with Crippen molar-refractivity contribution in [3.63, 3.8) is 0 Å². The smallest absolute Gasteiger partial charge is 0.242 e. The Balaban J connectivity index is 2.13. The van der Waals surface area contributed by atoms with Crippen LogP contribution >= 0.6 is 19.4 Å². The molecule has 1 heterocycles. The summed E-state index contributed by atoms with van der Waals surface area (Å²) in [6.45, 7) is 2.90. The van der Waals surface area contributed by atoms with Gasteiger partial charge in [0, 0.05) is 26.1 Å². The molecule has 138 valence electrons. The molecule has 0 aromatic rings. The van der Waals surface area contributed by atoms with E-state index in [0.717, 1.165) is 31.7 Å². The summed E-state index contributed by atoms with van der Waals surface area (Å²) in [6.07, 6.45) is 3.80. The summed E-state index contributed by atoms with van der Waals surface area (Å²) in [4.78, 5) is 46.9. The molecule has 7 nitrogen and oxygen atoms in total. The van der Waals surface area contributed by atoms with E-state index in [1.807, 2.05) is 0 Å². The van der Waals surface area contributed by atoms with Gasteiger partial charge in [0.25, 0.3) is 0 Å². The van der Waals surface area contributed by atoms with Crippen LogP contribution < -0.4 is 4.89 Å². The Labute approximate surface area is 147 Å². The molecule has 1 rings (SSSR count). The Kier molecular flexibility index (Phi) is 9.19. The van der Waals surface area contributed by atoms with Crippen molar-refractivity contribution >= 4 is 37.0 Å². The summed E-state index contributed by atoms with van der Waals surface area (Å²) in [5.41, 5.74) is 0. The molecule has 1 saturated heterocycles. The largest absolute Gasteiger partial charge is 0.779 e. The number of likely N-dealkylation sites (tertiary alicyclic amines) is 1. The molecule has 2 atom stereocenters. The van der Waals surface area contributed by atoms with E-state index in [-0.39, 0.29) is 48.8 Å². The molecule has 0 spiro atoms. The molecule has 2 unspecified atom stereocenters. The number of amides is 2. The van der Waals surface area contributed by atoms with Crippen molar-refractivity contribution in [2.75, 3.05) is 25.6 Å². The van der Waals surface area contributed by atoms with Crippen LogP contribution in [0.5, 0.6) is 0 Å². The topological polar surface area (TPSA) is 104 Å². The van der Waals surface area contributed by atoms with Gasteiger partial charge in [0.1, 0.15) is 13.4 Å². The van der Waals surface area contributed by atoms with Crippen molar-refractivity contribution in [3.05, 3.63) is 0 Å². The quantitative estimate of drug-likeness (QED) is 0.288. The number of imide groups is 1. The summed E-state index contributed by atoms with van der Waals surface area (Å²) in [5, 5.41) is -0.334. The molecule has 1 aliphatic rings. The number of thioether (sulfide) groups is 1. The number of hydrogen-bond acceptors (Lipinski definition) is 7. The molecule has 2 amide bonds. The zero-order valence-corrected chi connectivity index (χ0v) is 15.9. The normalized spacial score (nSPS) is 20.5. The van der Waals surface area contributed by atoms with E-state index in [4.69, 9.17) is 0 Å². The first-order valence-corrected chi connectivity index (χ1v) is 11.1. The number of nitrogens with zero attached hydrogens (tertiary/aromatic N) is 1. The highest BCUT2D eigenvalue weighted by atomic mass is 32.2.